The predicted molar refractivity (Wildman–Crippen MR) is 89.0 cm³/mol. The predicted octanol–water partition coefficient (Wildman–Crippen LogP) is 3.43. The summed E-state index contributed by atoms with van der Waals surface area (Å²) in [5, 5.41) is 15.0. The summed E-state index contributed by atoms with van der Waals surface area (Å²) >= 11 is 0. The van der Waals surface area contributed by atoms with Crippen LogP contribution in [0, 0.1) is 11.8 Å². The number of nitrogens with one attached hydrogen (secondary N) is 1. The summed E-state index contributed by atoms with van der Waals surface area (Å²) in [7, 11) is 0. The van der Waals surface area contributed by atoms with Gasteiger partial charge in [0.15, 0.2) is 0 Å². The quantitative estimate of drug-likeness (QED) is 0.840. The van der Waals surface area contributed by atoms with Crippen molar-refractivity contribution in [1.82, 2.24) is 5.32 Å². The molecule has 0 aromatic heterocycles. The van der Waals surface area contributed by atoms with Gasteiger partial charge in [0.25, 0.3) is 0 Å². The van der Waals surface area contributed by atoms with Gasteiger partial charge in [-0.15, -0.1) is 0 Å². The molecule has 2 rings (SSSR count). The zero-order valence-electron chi connectivity index (χ0n) is 12.5. The molecule has 0 aliphatic rings. The molecule has 0 saturated heterocycles. The fraction of sp³-hybridized carbons (Fsp3) is 0.263. The van der Waals surface area contributed by atoms with Crippen LogP contribution in [0.5, 0.6) is 0 Å². The standard InChI is InChI=1S/C19H21NO/c1-15(21)9-4-3-7-14-20-16(2)18-13-8-11-17-10-5-6-12-19(17)18/h3,5-8,10-13,15-16,20-21H,14H2,1-2H3/b7-3+/t15?,16-/m1/s1. The van der Waals surface area contributed by atoms with Crippen molar-refractivity contribution >= 4 is 10.8 Å². The fourth-order valence-electron chi connectivity index (χ4n) is 2.27. The highest BCUT2D eigenvalue weighted by atomic mass is 16.3. The van der Waals surface area contributed by atoms with E-state index in [2.05, 4.69) is 66.5 Å². The normalized spacial score (nSPS) is 13.9. The molecule has 0 bridgehead atoms. The Balaban J connectivity index is 2.00. The van der Waals surface area contributed by atoms with Gasteiger partial charge < -0.3 is 10.4 Å². The zero-order chi connectivity index (χ0) is 15.1. The first-order chi connectivity index (χ1) is 10.2. The molecule has 2 N–H and O–H groups in total. The molecule has 2 aromatic rings. The van der Waals surface area contributed by atoms with Crippen LogP contribution in [0.2, 0.25) is 0 Å². The largest absolute Gasteiger partial charge is 0.381 e. The van der Waals surface area contributed by atoms with Gasteiger partial charge in [-0.1, -0.05) is 60.4 Å². The lowest BCUT2D eigenvalue weighted by Crippen LogP contribution is -2.18. The summed E-state index contributed by atoms with van der Waals surface area (Å²) in [5.74, 6) is 5.49. The van der Waals surface area contributed by atoms with Crippen LogP contribution in [0.4, 0.5) is 0 Å². The van der Waals surface area contributed by atoms with E-state index in [1.54, 1.807) is 13.0 Å². The third-order valence-corrected chi connectivity index (χ3v) is 3.33. The number of aliphatic hydroxyl groups is 1. The van der Waals surface area contributed by atoms with Crippen LogP contribution >= 0.6 is 0 Å². The van der Waals surface area contributed by atoms with Gasteiger partial charge in [0.2, 0.25) is 0 Å². The van der Waals surface area contributed by atoms with Gasteiger partial charge >= 0.3 is 0 Å². The first-order valence-electron chi connectivity index (χ1n) is 7.23. The Kier molecular flexibility index (Phi) is 5.57. The van der Waals surface area contributed by atoms with Crippen LogP contribution in [-0.2, 0) is 0 Å². The Morgan fingerprint density at radius 3 is 2.71 bits per heavy atom. The summed E-state index contributed by atoms with van der Waals surface area (Å²) in [4.78, 5) is 0. The van der Waals surface area contributed by atoms with Crippen molar-refractivity contribution in [3.05, 3.63) is 60.2 Å². The third-order valence-electron chi connectivity index (χ3n) is 3.33. The maximum Gasteiger partial charge on any atom is 0.112 e. The van der Waals surface area contributed by atoms with Crippen LogP contribution in [0.25, 0.3) is 10.8 Å². The van der Waals surface area contributed by atoms with Crippen LogP contribution in [-0.4, -0.2) is 17.8 Å². The van der Waals surface area contributed by atoms with Gasteiger partial charge in [-0.3, -0.25) is 0 Å². The van der Waals surface area contributed by atoms with Gasteiger partial charge in [0.05, 0.1) is 0 Å². The molecule has 0 fully saturated rings. The maximum absolute atomic E-state index is 9.02. The highest BCUT2D eigenvalue weighted by molar-refractivity contribution is 5.86. The first-order valence-corrected chi connectivity index (χ1v) is 7.23. The second-order valence-corrected chi connectivity index (χ2v) is 5.07. The molecule has 2 heteroatoms. The Morgan fingerprint density at radius 2 is 1.90 bits per heavy atom. The molecule has 0 spiro atoms. The van der Waals surface area contributed by atoms with E-state index >= 15 is 0 Å². The van der Waals surface area contributed by atoms with Gasteiger partial charge in [-0.2, -0.15) is 0 Å². The van der Waals surface area contributed by atoms with E-state index in [1.165, 1.54) is 16.3 Å². The second kappa shape index (κ2) is 7.64. The van der Waals surface area contributed by atoms with E-state index in [-0.39, 0.29) is 6.04 Å². The highest BCUT2D eigenvalue weighted by Gasteiger charge is 2.07. The minimum atomic E-state index is -0.572. The molecule has 2 nitrogen and oxygen atoms in total. The lowest BCUT2D eigenvalue weighted by molar-refractivity contribution is 0.253. The van der Waals surface area contributed by atoms with Crippen molar-refractivity contribution in [2.24, 2.45) is 0 Å². The molecule has 0 radical (unpaired) electrons. The Hall–Kier alpha value is -2.08. The van der Waals surface area contributed by atoms with E-state index in [0.717, 1.165) is 6.54 Å². The van der Waals surface area contributed by atoms with Crippen LogP contribution in [0.1, 0.15) is 25.5 Å². The van der Waals surface area contributed by atoms with Crippen molar-refractivity contribution in [3.8, 4) is 11.8 Å². The smallest absolute Gasteiger partial charge is 0.112 e. The van der Waals surface area contributed by atoms with Gasteiger partial charge in [-0.25, -0.2) is 0 Å². The fourth-order valence-corrected chi connectivity index (χ4v) is 2.27. The minimum Gasteiger partial charge on any atom is -0.381 e. The molecule has 108 valence electrons. The number of rotatable bonds is 4. The summed E-state index contributed by atoms with van der Waals surface area (Å²) in [6, 6.07) is 15.1. The molecular formula is C19H21NO. The molecule has 2 atom stereocenters. The molecular weight excluding hydrogens is 258 g/mol. The number of benzene rings is 2. The Morgan fingerprint density at radius 1 is 1.14 bits per heavy atom. The van der Waals surface area contributed by atoms with Gasteiger partial charge in [0, 0.05) is 12.6 Å². The van der Waals surface area contributed by atoms with Crippen molar-refractivity contribution in [2.45, 2.75) is 26.0 Å². The lowest BCUT2D eigenvalue weighted by Gasteiger charge is -2.15. The summed E-state index contributed by atoms with van der Waals surface area (Å²) < 4.78 is 0. The number of fused-ring (bicyclic) bond motifs is 1. The SMILES string of the molecule is CC(O)C#C/C=C/CN[C@H](C)c1cccc2ccccc12. The van der Waals surface area contributed by atoms with E-state index in [1.807, 2.05) is 6.08 Å². The molecule has 0 aliphatic carbocycles. The Bertz CT molecular complexity index is 671. The van der Waals surface area contributed by atoms with E-state index in [9.17, 15) is 0 Å². The summed E-state index contributed by atoms with van der Waals surface area (Å²) in [6.07, 6.45) is 3.17. The van der Waals surface area contributed by atoms with Crippen LogP contribution in [0.15, 0.2) is 54.6 Å². The van der Waals surface area contributed by atoms with Crippen molar-refractivity contribution in [2.75, 3.05) is 6.54 Å². The average molecular weight is 279 g/mol. The summed E-state index contributed by atoms with van der Waals surface area (Å²) in [5.41, 5.74) is 1.30. The molecule has 0 aliphatic heterocycles. The maximum atomic E-state index is 9.02. The summed E-state index contributed by atoms with van der Waals surface area (Å²) in [6.45, 7) is 4.57. The number of hydrogen-bond donors (Lipinski definition) is 2. The van der Waals surface area contributed by atoms with Crippen LogP contribution < -0.4 is 5.32 Å². The second-order valence-electron chi connectivity index (χ2n) is 5.07. The van der Waals surface area contributed by atoms with Gasteiger partial charge in [0.1, 0.15) is 6.10 Å². The molecule has 0 saturated carbocycles. The van der Waals surface area contributed by atoms with Gasteiger partial charge in [-0.05, 0) is 36.3 Å². The minimum absolute atomic E-state index is 0.269. The Labute approximate surface area is 126 Å². The number of hydrogen-bond acceptors (Lipinski definition) is 2. The van der Waals surface area contributed by atoms with E-state index in [4.69, 9.17) is 5.11 Å². The highest BCUT2D eigenvalue weighted by Crippen LogP contribution is 2.23. The topological polar surface area (TPSA) is 32.3 Å². The number of allylic oxidation sites excluding steroid dienone is 1. The molecule has 2 aromatic carbocycles. The van der Waals surface area contributed by atoms with E-state index < -0.39 is 6.10 Å². The lowest BCUT2D eigenvalue weighted by atomic mass is 10.00. The molecule has 1 unspecified atom stereocenters. The molecule has 0 amide bonds. The molecule has 0 heterocycles. The van der Waals surface area contributed by atoms with Crippen molar-refractivity contribution in [3.63, 3.8) is 0 Å². The third kappa shape index (κ3) is 4.46. The van der Waals surface area contributed by atoms with Crippen molar-refractivity contribution in [1.29, 1.82) is 0 Å². The van der Waals surface area contributed by atoms with Crippen LogP contribution in [0.3, 0.4) is 0 Å². The number of aliphatic hydroxyl groups excluding tert-OH is 1. The monoisotopic (exact) mass is 279 g/mol. The van der Waals surface area contributed by atoms with E-state index in [0.29, 0.717) is 0 Å². The zero-order valence-corrected chi connectivity index (χ0v) is 12.5. The average Bonchev–Trinajstić information content (AvgIpc) is 2.49. The molecule has 21 heavy (non-hydrogen) atoms. The van der Waals surface area contributed by atoms with Crippen molar-refractivity contribution < 1.29 is 5.11 Å². The first kappa shape index (κ1) is 15.3.